The summed E-state index contributed by atoms with van der Waals surface area (Å²) in [7, 11) is 0. The third-order valence-corrected chi connectivity index (χ3v) is 4.22. The number of nitrogens with one attached hydrogen (secondary N) is 1. The van der Waals surface area contributed by atoms with Crippen LogP contribution in [0.2, 0.25) is 0 Å². The summed E-state index contributed by atoms with van der Waals surface area (Å²) in [5.41, 5.74) is 5.37. The van der Waals surface area contributed by atoms with Crippen molar-refractivity contribution in [1.29, 1.82) is 0 Å². The van der Waals surface area contributed by atoms with Crippen molar-refractivity contribution in [1.82, 2.24) is 4.98 Å². The maximum Gasteiger partial charge on any atom is 0.0798 e. The number of aliphatic hydroxyl groups excluding tert-OH is 1. The number of anilines is 1. The topological polar surface area (TPSA) is 45.2 Å². The summed E-state index contributed by atoms with van der Waals surface area (Å²) in [5.74, 6) is 0. The van der Waals surface area contributed by atoms with Gasteiger partial charge in [-0.25, -0.2) is 4.98 Å². The Bertz CT molecular complexity index is 524. The van der Waals surface area contributed by atoms with Crippen molar-refractivity contribution in [2.75, 3.05) is 11.9 Å². The van der Waals surface area contributed by atoms with Crippen LogP contribution < -0.4 is 5.32 Å². The molecule has 1 aromatic carbocycles. The average molecular weight is 276 g/mol. The maximum atomic E-state index is 8.88. The third kappa shape index (κ3) is 3.78. The highest BCUT2D eigenvalue weighted by Crippen LogP contribution is 2.25. The number of thiazole rings is 1. The second-order valence-electron chi connectivity index (χ2n) is 4.70. The zero-order valence-electron chi connectivity index (χ0n) is 11.4. The molecular weight excluding hydrogens is 256 g/mol. The third-order valence-electron chi connectivity index (χ3n) is 3.11. The molecule has 1 heterocycles. The fraction of sp³-hybridized carbons (Fsp3) is 0.400. The summed E-state index contributed by atoms with van der Waals surface area (Å²) in [6.45, 7) is 4.44. The average Bonchev–Trinajstić information content (AvgIpc) is 2.83. The number of rotatable bonds is 6. The second kappa shape index (κ2) is 6.68. The molecule has 1 atom stereocenters. The molecule has 4 heteroatoms. The molecule has 0 spiro atoms. The molecule has 1 unspecified atom stereocenters. The van der Waals surface area contributed by atoms with Crippen molar-refractivity contribution >= 4 is 17.0 Å². The van der Waals surface area contributed by atoms with Crippen LogP contribution in [0.4, 0.5) is 5.69 Å². The lowest BCUT2D eigenvalue weighted by Crippen LogP contribution is -2.06. The molecule has 19 heavy (non-hydrogen) atoms. The Kier molecular flexibility index (Phi) is 4.93. The Morgan fingerprint density at radius 2 is 2.26 bits per heavy atom. The molecule has 0 saturated heterocycles. The highest BCUT2D eigenvalue weighted by Gasteiger charge is 2.10. The van der Waals surface area contributed by atoms with Crippen molar-refractivity contribution in [2.45, 2.75) is 32.7 Å². The molecule has 0 aliphatic rings. The Morgan fingerprint density at radius 1 is 1.42 bits per heavy atom. The van der Waals surface area contributed by atoms with E-state index in [1.165, 1.54) is 10.4 Å². The van der Waals surface area contributed by atoms with Crippen molar-refractivity contribution in [3.63, 3.8) is 0 Å². The van der Waals surface area contributed by atoms with E-state index in [9.17, 15) is 0 Å². The quantitative estimate of drug-likeness (QED) is 0.848. The minimum atomic E-state index is 0.244. The highest BCUT2D eigenvalue weighted by atomic mass is 32.1. The summed E-state index contributed by atoms with van der Waals surface area (Å²) in [5, 5.41) is 12.4. The van der Waals surface area contributed by atoms with Crippen molar-refractivity contribution in [2.24, 2.45) is 0 Å². The molecule has 0 saturated carbocycles. The van der Waals surface area contributed by atoms with Gasteiger partial charge in [-0.3, -0.25) is 0 Å². The lowest BCUT2D eigenvalue weighted by molar-refractivity contribution is 0.288. The lowest BCUT2D eigenvalue weighted by Gasteiger charge is -2.15. The minimum absolute atomic E-state index is 0.244. The summed E-state index contributed by atoms with van der Waals surface area (Å²) < 4.78 is 0. The number of aromatic nitrogens is 1. The molecule has 0 bridgehead atoms. The van der Waals surface area contributed by atoms with Gasteiger partial charge in [-0.2, -0.15) is 0 Å². The molecule has 2 N–H and O–H groups in total. The van der Waals surface area contributed by atoms with E-state index in [1.54, 1.807) is 11.3 Å². The number of aliphatic hydroxyl groups is 1. The van der Waals surface area contributed by atoms with E-state index in [4.69, 9.17) is 5.11 Å². The first-order valence-corrected chi connectivity index (χ1v) is 7.45. The van der Waals surface area contributed by atoms with Crippen LogP contribution in [-0.4, -0.2) is 16.7 Å². The number of hydrogen-bond acceptors (Lipinski definition) is 4. The molecule has 0 aliphatic heterocycles. The van der Waals surface area contributed by atoms with E-state index < -0.39 is 0 Å². The van der Waals surface area contributed by atoms with Crippen molar-refractivity contribution in [3.8, 4) is 0 Å². The summed E-state index contributed by atoms with van der Waals surface area (Å²) in [4.78, 5) is 5.57. The Labute approximate surface area is 118 Å². The lowest BCUT2D eigenvalue weighted by atomic mass is 10.1. The molecule has 0 aliphatic carbocycles. The predicted molar refractivity (Wildman–Crippen MR) is 80.7 cm³/mol. The number of hydrogen-bond donors (Lipinski definition) is 2. The van der Waals surface area contributed by atoms with Crippen molar-refractivity contribution in [3.05, 3.63) is 45.9 Å². The normalized spacial score (nSPS) is 12.4. The molecular formula is C15H20N2OS. The van der Waals surface area contributed by atoms with Crippen LogP contribution >= 0.6 is 11.3 Å². The van der Waals surface area contributed by atoms with Gasteiger partial charge in [0.1, 0.15) is 0 Å². The van der Waals surface area contributed by atoms with E-state index in [0.29, 0.717) is 0 Å². The van der Waals surface area contributed by atoms with E-state index in [2.05, 4.69) is 41.5 Å². The largest absolute Gasteiger partial charge is 0.396 e. The van der Waals surface area contributed by atoms with E-state index in [-0.39, 0.29) is 12.6 Å². The van der Waals surface area contributed by atoms with Crippen LogP contribution in [0.5, 0.6) is 0 Å². The van der Waals surface area contributed by atoms with Gasteiger partial charge in [0, 0.05) is 17.2 Å². The van der Waals surface area contributed by atoms with Crippen LogP contribution in [0.3, 0.4) is 0 Å². The molecule has 102 valence electrons. The Hall–Kier alpha value is -1.39. The van der Waals surface area contributed by atoms with E-state index in [0.717, 1.165) is 24.2 Å². The smallest absolute Gasteiger partial charge is 0.0798 e. The molecule has 2 aromatic rings. The highest BCUT2D eigenvalue weighted by molar-refractivity contribution is 7.09. The van der Waals surface area contributed by atoms with Gasteiger partial charge < -0.3 is 10.4 Å². The van der Waals surface area contributed by atoms with Crippen LogP contribution in [0, 0.1) is 6.92 Å². The standard InChI is InChI=1S/C15H20N2OS/c1-11-15(19-10-16-11)12(2)17-14-7-3-5-13(9-14)6-4-8-18/h3,5,7,9-10,12,17-18H,4,6,8H2,1-2H3. The zero-order valence-corrected chi connectivity index (χ0v) is 12.2. The molecule has 0 fully saturated rings. The van der Waals surface area contributed by atoms with Crippen LogP contribution in [0.15, 0.2) is 29.8 Å². The molecule has 1 aromatic heterocycles. The first-order chi connectivity index (χ1) is 9.20. The van der Waals surface area contributed by atoms with Gasteiger partial charge in [0.05, 0.1) is 17.2 Å². The van der Waals surface area contributed by atoms with Gasteiger partial charge in [0.2, 0.25) is 0 Å². The Morgan fingerprint density at radius 3 is 2.95 bits per heavy atom. The summed E-state index contributed by atoms with van der Waals surface area (Å²) in [6.07, 6.45) is 1.73. The van der Waals surface area contributed by atoms with Gasteiger partial charge in [0.25, 0.3) is 0 Å². The summed E-state index contributed by atoms with van der Waals surface area (Å²) in [6, 6.07) is 8.66. The first kappa shape index (κ1) is 14.0. The summed E-state index contributed by atoms with van der Waals surface area (Å²) >= 11 is 1.69. The fourth-order valence-corrected chi connectivity index (χ4v) is 2.95. The molecule has 3 nitrogen and oxygen atoms in total. The maximum absolute atomic E-state index is 8.88. The van der Waals surface area contributed by atoms with Gasteiger partial charge in [-0.05, 0) is 44.4 Å². The van der Waals surface area contributed by atoms with Crippen LogP contribution in [-0.2, 0) is 6.42 Å². The molecule has 0 radical (unpaired) electrons. The van der Waals surface area contributed by atoms with Gasteiger partial charge >= 0.3 is 0 Å². The second-order valence-corrected chi connectivity index (χ2v) is 5.58. The Balaban J connectivity index is 2.04. The van der Waals surface area contributed by atoms with Crippen LogP contribution in [0.25, 0.3) is 0 Å². The number of aryl methyl sites for hydroxylation is 2. The van der Waals surface area contributed by atoms with Gasteiger partial charge in [-0.15, -0.1) is 11.3 Å². The number of nitrogens with zero attached hydrogens (tertiary/aromatic N) is 1. The number of benzene rings is 1. The zero-order chi connectivity index (χ0) is 13.7. The molecule has 2 rings (SSSR count). The fourth-order valence-electron chi connectivity index (χ4n) is 2.14. The van der Waals surface area contributed by atoms with Gasteiger partial charge in [-0.1, -0.05) is 12.1 Å². The monoisotopic (exact) mass is 276 g/mol. The SMILES string of the molecule is Cc1ncsc1C(C)Nc1cccc(CCCO)c1. The van der Waals surface area contributed by atoms with E-state index in [1.807, 2.05) is 12.4 Å². The van der Waals surface area contributed by atoms with Crippen molar-refractivity contribution < 1.29 is 5.11 Å². The minimum Gasteiger partial charge on any atom is -0.396 e. The predicted octanol–water partition coefficient (Wildman–Crippen LogP) is 3.55. The van der Waals surface area contributed by atoms with E-state index >= 15 is 0 Å². The first-order valence-electron chi connectivity index (χ1n) is 6.57. The molecule has 0 amide bonds. The van der Waals surface area contributed by atoms with Crippen LogP contribution in [0.1, 0.15) is 35.5 Å². The van der Waals surface area contributed by atoms with Gasteiger partial charge in [0.15, 0.2) is 0 Å².